The Labute approximate surface area is 161 Å². The zero-order chi connectivity index (χ0) is 20.7. The normalized spacial score (nSPS) is 11.0. The van der Waals surface area contributed by atoms with E-state index in [9.17, 15) is 22.8 Å². The van der Waals surface area contributed by atoms with Crippen molar-refractivity contribution >= 4 is 17.5 Å². The lowest BCUT2D eigenvalue weighted by Crippen LogP contribution is -2.38. The molecule has 0 heterocycles. The maximum absolute atomic E-state index is 12.6. The molecule has 0 aromatic heterocycles. The van der Waals surface area contributed by atoms with Crippen molar-refractivity contribution in [3.8, 4) is 5.75 Å². The molecule has 150 valence electrons. The van der Waals surface area contributed by atoms with Crippen LogP contribution < -0.4 is 10.1 Å². The van der Waals surface area contributed by atoms with Gasteiger partial charge >= 0.3 is 6.18 Å². The van der Waals surface area contributed by atoms with Gasteiger partial charge in [0.05, 0.1) is 25.6 Å². The minimum Gasteiger partial charge on any atom is -0.497 e. The number of methoxy groups -OCH3 is 1. The number of carbonyl (C=O) groups is 2. The number of carbonyl (C=O) groups excluding carboxylic acids is 2. The average Bonchev–Trinajstić information content (AvgIpc) is 2.65. The summed E-state index contributed by atoms with van der Waals surface area (Å²) in [6, 6.07) is 11.2. The molecular weight excluding hydrogens is 373 g/mol. The molecule has 0 spiro atoms. The third kappa shape index (κ3) is 6.00. The van der Waals surface area contributed by atoms with Crippen molar-refractivity contribution in [2.45, 2.75) is 19.5 Å². The van der Waals surface area contributed by atoms with Gasteiger partial charge in [0.25, 0.3) is 0 Å². The number of nitrogens with zero attached hydrogens (tertiary/aromatic N) is 1. The molecule has 0 aliphatic rings. The van der Waals surface area contributed by atoms with E-state index in [0.717, 1.165) is 12.1 Å². The van der Waals surface area contributed by atoms with Crippen LogP contribution in [0, 0.1) is 0 Å². The molecular formula is C20H21F3N2O3. The van der Waals surface area contributed by atoms with E-state index in [4.69, 9.17) is 4.74 Å². The number of amides is 2. The quantitative estimate of drug-likeness (QED) is 0.778. The average molecular weight is 394 g/mol. The highest BCUT2D eigenvalue weighted by Crippen LogP contribution is 2.29. The fraction of sp³-hybridized carbons (Fsp3) is 0.300. The molecule has 0 atom stereocenters. The van der Waals surface area contributed by atoms with Crippen LogP contribution in [0.1, 0.15) is 18.1 Å². The first kappa shape index (κ1) is 21.3. The summed E-state index contributed by atoms with van der Waals surface area (Å²) in [5.41, 5.74) is 0.217. The number of anilines is 1. The molecule has 2 aromatic carbocycles. The summed E-state index contributed by atoms with van der Waals surface area (Å²) in [5.74, 6) is -0.137. The number of alkyl halides is 3. The smallest absolute Gasteiger partial charge is 0.416 e. The van der Waals surface area contributed by atoms with Crippen LogP contribution in [0.4, 0.5) is 18.9 Å². The second-order valence-corrected chi connectivity index (χ2v) is 6.06. The van der Waals surface area contributed by atoms with E-state index < -0.39 is 11.7 Å². The molecule has 0 saturated heterocycles. The molecule has 0 radical (unpaired) electrons. The maximum atomic E-state index is 12.6. The van der Waals surface area contributed by atoms with E-state index in [-0.39, 0.29) is 24.8 Å². The van der Waals surface area contributed by atoms with Crippen molar-refractivity contribution < 1.29 is 27.5 Å². The zero-order valence-electron chi connectivity index (χ0n) is 15.5. The van der Waals surface area contributed by atoms with Crippen LogP contribution in [-0.4, -0.2) is 36.9 Å². The summed E-state index contributed by atoms with van der Waals surface area (Å²) in [6.45, 7) is 1.86. The molecule has 0 aliphatic carbocycles. The molecule has 2 amide bonds. The Bertz CT molecular complexity index is 820. The molecule has 28 heavy (non-hydrogen) atoms. The minimum atomic E-state index is -4.42. The van der Waals surface area contributed by atoms with Gasteiger partial charge in [0.2, 0.25) is 11.8 Å². The van der Waals surface area contributed by atoms with E-state index >= 15 is 0 Å². The van der Waals surface area contributed by atoms with Gasteiger partial charge in [0, 0.05) is 18.3 Å². The highest BCUT2D eigenvalue weighted by atomic mass is 19.4. The predicted octanol–water partition coefficient (Wildman–Crippen LogP) is 3.74. The van der Waals surface area contributed by atoms with Crippen molar-refractivity contribution in [3.05, 3.63) is 59.7 Å². The van der Waals surface area contributed by atoms with Gasteiger partial charge in [-0.15, -0.1) is 0 Å². The first-order valence-corrected chi connectivity index (χ1v) is 8.60. The number of benzene rings is 2. The molecule has 2 aromatic rings. The van der Waals surface area contributed by atoms with Gasteiger partial charge in [-0.05, 0) is 36.8 Å². The van der Waals surface area contributed by atoms with E-state index in [2.05, 4.69) is 5.32 Å². The van der Waals surface area contributed by atoms with Gasteiger partial charge in [-0.1, -0.05) is 18.2 Å². The number of nitrogens with one attached hydrogen (secondary N) is 1. The first-order chi connectivity index (χ1) is 13.2. The third-order valence-corrected chi connectivity index (χ3v) is 4.06. The van der Waals surface area contributed by atoms with Crippen molar-refractivity contribution in [2.24, 2.45) is 0 Å². The summed E-state index contributed by atoms with van der Waals surface area (Å²) >= 11 is 0. The third-order valence-electron chi connectivity index (χ3n) is 4.06. The van der Waals surface area contributed by atoms with Crippen molar-refractivity contribution in [3.63, 3.8) is 0 Å². The van der Waals surface area contributed by atoms with Crippen LogP contribution in [0.15, 0.2) is 48.5 Å². The highest BCUT2D eigenvalue weighted by Gasteiger charge is 2.30. The molecule has 0 saturated carbocycles. The molecule has 0 aliphatic heterocycles. The highest BCUT2D eigenvalue weighted by molar-refractivity contribution is 5.94. The van der Waals surface area contributed by atoms with E-state index in [1.807, 2.05) is 0 Å². The number of rotatable bonds is 7. The second kappa shape index (κ2) is 9.25. The standard InChI is InChI=1S/C20H21F3N2O3/c1-3-25(13-18(26)24-16-5-4-6-17(12-16)28-2)19(27)11-14-7-9-15(10-8-14)20(21,22)23/h4-10,12H,3,11,13H2,1-2H3,(H,24,26). The molecule has 2 rings (SSSR count). The molecule has 8 heteroatoms. The molecule has 0 bridgehead atoms. The van der Waals surface area contributed by atoms with E-state index in [1.54, 1.807) is 31.2 Å². The first-order valence-electron chi connectivity index (χ1n) is 8.60. The largest absolute Gasteiger partial charge is 0.497 e. The summed E-state index contributed by atoms with van der Waals surface area (Å²) in [6.07, 6.45) is -4.51. The van der Waals surface area contributed by atoms with Crippen molar-refractivity contribution in [1.29, 1.82) is 0 Å². The zero-order valence-corrected chi connectivity index (χ0v) is 15.5. The lowest BCUT2D eigenvalue weighted by atomic mass is 10.1. The minimum absolute atomic E-state index is 0.0849. The summed E-state index contributed by atoms with van der Waals surface area (Å²) < 4.78 is 42.9. The van der Waals surface area contributed by atoms with Gasteiger partial charge < -0.3 is 15.0 Å². The number of likely N-dealkylation sites (N-methyl/N-ethyl adjacent to an activating group) is 1. The summed E-state index contributed by atoms with van der Waals surface area (Å²) in [7, 11) is 1.51. The SMILES string of the molecule is CCN(CC(=O)Nc1cccc(OC)c1)C(=O)Cc1ccc(C(F)(F)F)cc1. The summed E-state index contributed by atoms with van der Waals surface area (Å²) in [5, 5.41) is 2.69. The lowest BCUT2D eigenvalue weighted by Gasteiger charge is -2.20. The Morgan fingerprint density at radius 3 is 2.36 bits per heavy atom. The van der Waals surface area contributed by atoms with Crippen LogP contribution in [0.25, 0.3) is 0 Å². The van der Waals surface area contributed by atoms with Crippen LogP contribution in [0.5, 0.6) is 5.75 Å². The Morgan fingerprint density at radius 2 is 1.79 bits per heavy atom. The fourth-order valence-electron chi connectivity index (χ4n) is 2.55. The van der Waals surface area contributed by atoms with Gasteiger partial charge in [-0.2, -0.15) is 13.2 Å². The van der Waals surface area contributed by atoms with Gasteiger partial charge in [0.15, 0.2) is 0 Å². The Kier molecular flexibility index (Phi) is 7.03. The number of ether oxygens (including phenoxy) is 1. The number of halogens is 3. The molecule has 0 fully saturated rings. The van der Waals surface area contributed by atoms with Crippen LogP contribution in [0.3, 0.4) is 0 Å². The van der Waals surface area contributed by atoms with E-state index in [1.165, 1.54) is 24.1 Å². The second-order valence-electron chi connectivity index (χ2n) is 6.06. The van der Waals surface area contributed by atoms with Gasteiger partial charge in [-0.25, -0.2) is 0 Å². The molecule has 1 N–H and O–H groups in total. The monoisotopic (exact) mass is 394 g/mol. The topological polar surface area (TPSA) is 58.6 Å². The van der Waals surface area contributed by atoms with Crippen LogP contribution >= 0.6 is 0 Å². The Morgan fingerprint density at radius 1 is 1.11 bits per heavy atom. The predicted molar refractivity (Wildman–Crippen MR) is 99.0 cm³/mol. The maximum Gasteiger partial charge on any atom is 0.416 e. The lowest BCUT2D eigenvalue weighted by molar-refractivity contribution is -0.137. The molecule has 0 unspecified atom stereocenters. The van der Waals surface area contributed by atoms with Crippen molar-refractivity contribution in [2.75, 3.05) is 25.5 Å². The van der Waals surface area contributed by atoms with E-state index in [0.29, 0.717) is 23.5 Å². The van der Waals surface area contributed by atoms with Gasteiger partial charge in [0.1, 0.15) is 5.75 Å². The molecule has 5 nitrogen and oxygen atoms in total. The Hall–Kier alpha value is -3.03. The number of hydrogen-bond acceptors (Lipinski definition) is 3. The van der Waals surface area contributed by atoms with Crippen LogP contribution in [-0.2, 0) is 22.2 Å². The van der Waals surface area contributed by atoms with Crippen molar-refractivity contribution in [1.82, 2.24) is 4.90 Å². The Balaban J connectivity index is 1.96. The van der Waals surface area contributed by atoms with Crippen LogP contribution in [0.2, 0.25) is 0 Å². The number of hydrogen-bond donors (Lipinski definition) is 1. The summed E-state index contributed by atoms with van der Waals surface area (Å²) in [4.78, 5) is 26.0. The van der Waals surface area contributed by atoms with Gasteiger partial charge in [-0.3, -0.25) is 9.59 Å². The fourth-order valence-corrected chi connectivity index (χ4v) is 2.55.